The molecule has 0 aromatic heterocycles. The van der Waals surface area contributed by atoms with Gasteiger partial charge in [0.2, 0.25) is 11.4 Å². The molecule has 1 aromatic rings. The maximum Gasteiger partial charge on any atom is 0.421 e. The first-order chi connectivity index (χ1) is 12.2. The van der Waals surface area contributed by atoms with E-state index < -0.39 is 21.7 Å². The molecule has 8 nitrogen and oxygen atoms in total. The van der Waals surface area contributed by atoms with E-state index in [1.807, 2.05) is 18.6 Å². The Kier molecular flexibility index (Phi) is 3.85. The molecule has 4 atom stereocenters. The molecule has 3 aliphatic rings. The van der Waals surface area contributed by atoms with Gasteiger partial charge in [0.05, 0.1) is 4.90 Å². The number of benzene rings is 1. The Morgan fingerprint density at radius 2 is 1.73 bits per heavy atom. The fourth-order valence-electron chi connectivity index (χ4n) is 4.63. The third-order valence-electron chi connectivity index (χ3n) is 5.75. The SMILES string of the molecule is C[C@]12CC[C@]3(C)OCC(COC(=O)NS(=O)(=O)c4ccccc4)(CO1)[NH+]23. The average molecular weight is 383 g/mol. The highest BCUT2D eigenvalue weighted by molar-refractivity contribution is 7.90. The summed E-state index contributed by atoms with van der Waals surface area (Å²) in [4.78, 5) is 13.3. The van der Waals surface area contributed by atoms with Crippen molar-refractivity contribution in [3.8, 4) is 0 Å². The van der Waals surface area contributed by atoms with E-state index >= 15 is 0 Å². The molecule has 3 fully saturated rings. The van der Waals surface area contributed by atoms with Gasteiger partial charge in [-0.2, -0.15) is 0 Å². The highest BCUT2D eigenvalue weighted by Gasteiger charge is 2.74. The van der Waals surface area contributed by atoms with Crippen molar-refractivity contribution in [1.29, 1.82) is 0 Å². The molecule has 1 aromatic carbocycles. The monoisotopic (exact) mass is 383 g/mol. The van der Waals surface area contributed by atoms with Gasteiger partial charge in [-0.05, 0) is 12.1 Å². The lowest BCUT2D eigenvalue weighted by Crippen LogP contribution is -3.27. The zero-order valence-corrected chi connectivity index (χ0v) is 15.6. The summed E-state index contributed by atoms with van der Waals surface area (Å²) in [6, 6.07) is 7.69. The smallest absolute Gasteiger partial charge is 0.421 e. The van der Waals surface area contributed by atoms with E-state index in [0.717, 1.165) is 17.7 Å². The number of amides is 1. The molecule has 2 N–H and O–H groups in total. The maximum absolute atomic E-state index is 12.2. The average Bonchev–Trinajstić information content (AvgIpc) is 3.18. The van der Waals surface area contributed by atoms with Crippen LogP contribution in [-0.2, 0) is 24.2 Å². The summed E-state index contributed by atoms with van der Waals surface area (Å²) in [6.07, 6.45) is 0.744. The first-order valence-electron chi connectivity index (χ1n) is 8.60. The molecule has 3 heterocycles. The van der Waals surface area contributed by atoms with E-state index in [1.54, 1.807) is 18.2 Å². The number of sulfonamides is 1. The fraction of sp³-hybridized carbons (Fsp3) is 0.588. The molecule has 142 valence electrons. The second-order valence-corrected chi connectivity index (χ2v) is 9.37. The van der Waals surface area contributed by atoms with Gasteiger partial charge in [0.25, 0.3) is 10.0 Å². The van der Waals surface area contributed by atoms with Crippen molar-refractivity contribution in [3.63, 3.8) is 0 Å². The summed E-state index contributed by atoms with van der Waals surface area (Å²) in [5, 5.41) is 0. The van der Waals surface area contributed by atoms with Crippen LogP contribution in [0, 0.1) is 0 Å². The predicted octanol–water partition coefficient (Wildman–Crippen LogP) is 0.0118. The Labute approximate surface area is 152 Å². The molecule has 1 amide bonds. The minimum absolute atomic E-state index is 0.00818. The van der Waals surface area contributed by atoms with Crippen molar-refractivity contribution < 1.29 is 32.3 Å². The first-order valence-corrected chi connectivity index (χ1v) is 10.1. The van der Waals surface area contributed by atoms with Crippen LogP contribution in [0.4, 0.5) is 4.79 Å². The molecule has 4 rings (SSSR count). The van der Waals surface area contributed by atoms with Crippen molar-refractivity contribution in [2.24, 2.45) is 0 Å². The lowest BCUT2D eigenvalue weighted by Gasteiger charge is -2.34. The molecule has 9 heteroatoms. The molecular weight excluding hydrogens is 360 g/mol. The number of hydrogen-bond acceptors (Lipinski definition) is 6. The quantitative estimate of drug-likeness (QED) is 0.761. The Hall–Kier alpha value is -1.68. The molecule has 0 aliphatic carbocycles. The zero-order chi connectivity index (χ0) is 18.6. The molecule has 2 unspecified atom stereocenters. The Morgan fingerprint density at radius 3 is 2.31 bits per heavy atom. The van der Waals surface area contributed by atoms with E-state index in [1.165, 1.54) is 12.1 Å². The summed E-state index contributed by atoms with van der Waals surface area (Å²) in [7, 11) is -3.96. The number of quaternary nitrogens is 1. The lowest BCUT2D eigenvalue weighted by atomic mass is 10.0. The Morgan fingerprint density at radius 1 is 1.15 bits per heavy atom. The van der Waals surface area contributed by atoms with E-state index in [-0.39, 0.29) is 23.0 Å². The third kappa shape index (κ3) is 2.61. The second-order valence-electron chi connectivity index (χ2n) is 7.69. The number of ether oxygens (including phenoxy) is 3. The number of nitrogens with one attached hydrogen (secondary N) is 2. The second kappa shape index (κ2) is 5.66. The van der Waals surface area contributed by atoms with E-state index in [0.29, 0.717) is 13.2 Å². The minimum Gasteiger partial charge on any atom is -0.442 e. The molecule has 3 aliphatic heterocycles. The van der Waals surface area contributed by atoms with Crippen molar-refractivity contribution in [2.75, 3.05) is 19.8 Å². The van der Waals surface area contributed by atoms with Gasteiger partial charge in [0.15, 0.2) is 12.1 Å². The summed E-state index contributed by atoms with van der Waals surface area (Å²) in [5.74, 6) is 0. The van der Waals surface area contributed by atoms with Crippen molar-refractivity contribution in [1.82, 2.24) is 4.72 Å². The van der Waals surface area contributed by atoms with Gasteiger partial charge in [0, 0.05) is 26.7 Å². The lowest BCUT2D eigenvalue weighted by molar-refractivity contribution is -1.02. The van der Waals surface area contributed by atoms with E-state index in [2.05, 4.69) is 0 Å². The number of hydrogen-bond donors (Lipinski definition) is 2. The standard InChI is InChI=1S/C17H22N2O6S/c1-15-8-9-16(2)19(15)17(11-24-15,12-25-16)10-23-14(20)18-26(21,22)13-6-4-3-5-7-13/h3-7H,8-12H2,1-2H3,(H,18,20)/p+1/t15-,16+,17?. The topological polar surface area (TPSA) is 95.4 Å². The maximum atomic E-state index is 12.2. The molecule has 26 heavy (non-hydrogen) atoms. The number of rotatable bonds is 4. The molecule has 0 bridgehead atoms. The molecule has 0 saturated carbocycles. The predicted molar refractivity (Wildman–Crippen MR) is 89.8 cm³/mol. The van der Waals surface area contributed by atoms with Crippen LogP contribution in [0.15, 0.2) is 35.2 Å². The molecular formula is C17H23N2O6S+. The van der Waals surface area contributed by atoms with Crippen LogP contribution in [0.5, 0.6) is 0 Å². The van der Waals surface area contributed by atoms with E-state index in [4.69, 9.17) is 14.2 Å². The highest BCUT2D eigenvalue weighted by Crippen LogP contribution is 2.39. The van der Waals surface area contributed by atoms with Crippen LogP contribution in [0.1, 0.15) is 26.7 Å². The minimum atomic E-state index is -3.96. The summed E-state index contributed by atoms with van der Waals surface area (Å²) < 4.78 is 43.7. The zero-order valence-electron chi connectivity index (χ0n) is 14.8. The van der Waals surface area contributed by atoms with Gasteiger partial charge in [-0.3, -0.25) is 4.90 Å². The van der Waals surface area contributed by atoms with Crippen molar-refractivity contribution in [2.45, 2.75) is 48.6 Å². The normalized spacial score (nSPS) is 38.2. The van der Waals surface area contributed by atoms with Crippen LogP contribution < -0.4 is 9.62 Å². The van der Waals surface area contributed by atoms with Gasteiger partial charge in [-0.1, -0.05) is 18.2 Å². The summed E-state index contributed by atoms with van der Waals surface area (Å²) in [6.45, 7) is 4.94. The van der Waals surface area contributed by atoms with Gasteiger partial charge in [0.1, 0.15) is 13.2 Å². The number of carbonyl (C=O) groups is 1. The largest absolute Gasteiger partial charge is 0.442 e. The molecule has 0 radical (unpaired) electrons. The van der Waals surface area contributed by atoms with E-state index in [9.17, 15) is 13.2 Å². The highest BCUT2D eigenvalue weighted by atomic mass is 32.2. The summed E-state index contributed by atoms with van der Waals surface area (Å²) in [5.41, 5.74) is -1.23. The van der Waals surface area contributed by atoms with Crippen LogP contribution in [0.25, 0.3) is 0 Å². The van der Waals surface area contributed by atoms with Crippen LogP contribution in [0.2, 0.25) is 0 Å². The van der Waals surface area contributed by atoms with Crippen LogP contribution >= 0.6 is 0 Å². The fourth-order valence-corrected chi connectivity index (χ4v) is 5.55. The van der Waals surface area contributed by atoms with Gasteiger partial charge in [-0.25, -0.2) is 17.9 Å². The Bertz CT molecular complexity index is 807. The van der Waals surface area contributed by atoms with Gasteiger partial charge < -0.3 is 14.2 Å². The third-order valence-corrected chi connectivity index (χ3v) is 7.08. The summed E-state index contributed by atoms with van der Waals surface area (Å²) >= 11 is 0. The molecule has 0 spiro atoms. The van der Waals surface area contributed by atoms with Crippen molar-refractivity contribution >= 4 is 16.1 Å². The first kappa shape index (κ1) is 17.7. The van der Waals surface area contributed by atoms with Gasteiger partial charge >= 0.3 is 6.09 Å². The van der Waals surface area contributed by atoms with Crippen molar-refractivity contribution in [3.05, 3.63) is 30.3 Å². The van der Waals surface area contributed by atoms with Crippen LogP contribution in [-0.4, -0.2) is 51.3 Å². The number of carbonyl (C=O) groups excluding carboxylic acids is 1. The van der Waals surface area contributed by atoms with Gasteiger partial charge in [-0.15, -0.1) is 0 Å². The van der Waals surface area contributed by atoms with Crippen LogP contribution in [0.3, 0.4) is 0 Å². The molecule has 3 saturated heterocycles. The Balaban J connectivity index is 1.44.